The molecule has 0 saturated heterocycles. The lowest BCUT2D eigenvalue weighted by atomic mass is 10.5. The molecule has 1 aromatic heterocycles. The fraction of sp³-hybridized carbons (Fsp3) is 0. The van der Waals surface area contributed by atoms with Crippen LogP contribution in [0.5, 0.6) is 0 Å². The molecule has 0 aliphatic heterocycles. The molecule has 54 valence electrons. The summed E-state index contributed by atoms with van der Waals surface area (Å²) in [5.41, 5.74) is 0. The molecule has 0 spiro atoms. The van der Waals surface area contributed by atoms with Crippen LogP contribution in [0.25, 0.3) is 0 Å². The zero-order valence-corrected chi connectivity index (χ0v) is 8.58. The summed E-state index contributed by atoms with van der Waals surface area (Å²) in [7, 11) is 0. The van der Waals surface area contributed by atoms with Gasteiger partial charge in [0.2, 0.25) is 0 Å². The lowest BCUT2D eigenvalue weighted by Gasteiger charge is -1.59. The van der Waals surface area contributed by atoms with E-state index < -0.39 is 0 Å². The van der Waals surface area contributed by atoms with Gasteiger partial charge in [-0.3, -0.25) is 0 Å². The maximum absolute atomic E-state index is 2.04. The second kappa shape index (κ2) is 7.02. The molecular formula is C8H9IS. The van der Waals surface area contributed by atoms with Gasteiger partial charge in [-0.05, 0) is 10.8 Å². The molecule has 0 nitrogen and oxygen atoms in total. The molecular weight excluding hydrogens is 255 g/mol. The van der Waals surface area contributed by atoms with Crippen molar-refractivity contribution in [3.8, 4) is 0 Å². The molecule has 0 N–H and O–H groups in total. The summed E-state index contributed by atoms with van der Waals surface area (Å²) < 4.78 is 0. The molecule has 0 aliphatic rings. The molecule has 1 rings (SSSR count). The highest BCUT2D eigenvalue weighted by atomic mass is 127. The number of rotatable bonds is 0. The second-order valence-electron chi connectivity index (χ2n) is 1.56. The maximum atomic E-state index is 2.04. The molecule has 0 fully saturated rings. The molecule has 0 unspecified atom stereocenters. The minimum absolute atomic E-state index is 0. The minimum atomic E-state index is 0. The highest BCUT2D eigenvalue weighted by Gasteiger charge is 1.58. The van der Waals surface area contributed by atoms with Gasteiger partial charge in [0.15, 0.2) is 0 Å². The molecule has 0 aliphatic carbocycles. The van der Waals surface area contributed by atoms with Gasteiger partial charge in [0, 0.05) is 0 Å². The average molecular weight is 264 g/mol. The molecule has 1 aromatic rings. The van der Waals surface area contributed by atoms with Crippen LogP contribution in [0.1, 0.15) is 0 Å². The van der Waals surface area contributed by atoms with Crippen molar-refractivity contribution in [3.05, 3.63) is 47.2 Å². The molecule has 0 radical (unpaired) electrons. The Morgan fingerprint density at radius 3 is 1.50 bits per heavy atom. The Kier molecular flexibility index (Phi) is 6.96. The van der Waals surface area contributed by atoms with E-state index in [0.29, 0.717) is 0 Å². The third-order valence-electron chi connectivity index (χ3n) is 0.870. The molecule has 0 aromatic carbocycles. The Balaban J connectivity index is 0.000000810. The van der Waals surface area contributed by atoms with Crippen LogP contribution in [-0.4, -0.2) is 0 Å². The van der Waals surface area contributed by atoms with Gasteiger partial charge < -0.3 is 0 Å². The molecule has 2 heteroatoms. The van der Waals surface area contributed by atoms with Crippen molar-refractivity contribution < 1.29 is 0 Å². The highest BCUT2D eigenvalue weighted by molar-refractivity contribution is 14.0. The average Bonchev–Trinajstić information content (AvgIpc) is 2.00. The van der Waals surface area contributed by atoms with Crippen LogP contribution in [0.4, 0.5) is 0 Å². The van der Waals surface area contributed by atoms with Crippen molar-refractivity contribution in [3.63, 3.8) is 0 Å². The fourth-order valence-corrected chi connectivity index (χ4v) is 0.937. The van der Waals surface area contributed by atoms with E-state index >= 15 is 0 Å². The van der Waals surface area contributed by atoms with Gasteiger partial charge in [0.05, 0.1) is 0 Å². The first-order chi connectivity index (χ1) is 4.50. The maximum Gasteiger partial charge on any atom is -0.00937 e. The minimum Gasteiger partial charge on any atom is -0.152 e. The summed E-state index contributed by atoms with van der Waals surface area (Å²) in [4.78, 5) is 0. The number of hydrogen-bond donors (Lipinski definition) is 0. The number of hydrogen-bond acceptors (Lipinski definition) is 1. The summed E-state index contributed by atoms with van der Waals surface area (Å²) in [6.07, 6.45) is 0. The quantitative estimate of drug-likeness (QED) is 0.629. The van der Waals surface area contributed by atoms with Crippen LogP contribution in [0.2, 0.25) is 0 Å². The fourth-order valence-electron chi connectivity index (χ4n) is 0.483. The van der Waals surface area contributed by atoms with Gasteiger partial charge >= 0.3 is 0 Å². The number of halogens is 1. The monoisotopic (exact) mass is 264 g/mol. The molecule has 0 bridgehead atoms. The van der Waals surface area contributed by atoms with Crippen molar-refractivity contribution in [2.75, 3.05) is 0 Å². The van der Waals surface area contributed by atoms with Gasteiger partial charge in [-0.15, -0.1) is 24.0 Å². The van der Waals surface area contributed by atoms with Crippen LogP contribution in [0, 0.1) is 0 Å². The van der Waals surface area contributed by atoms with Crippen LogP contribution in [-0.2, 0) is 0 Å². The van der Waals surface area contributed by atoms with E-state index in [4.69, 9.17) is 0 Å². The predicted octanol–water partition coefficient (Wildman–Crippen LogP) is 3.49. The highest BCUT2D eigenvalue weighted by Crippen LogP contribution is 1.88. The Morgan fingerprint density at radius 1 is 0.600 bits per heavy atom. The normalized spacial score (nSPS) is 7.20. The zero-order valence-electron chi connectivity index (χ0n) is 5.44. The summed E-state index contributed by atoms with van der Waals surface area (Å²) in [6, 6.07) is 12.1. The zero-order chi connectivity index (χ0) is 6.36. The van der Waals surface area contributed by atoms with E-state index in [0.717, 1.165) is 0 Å². The molecule has 1 heterocycles. The van der Waals surface area contributed by atoms with Crippen LogP contribution in [0.15, 0.2) is 47.2 Å². The summed E-state index contributed by atoms with van der Waals surface area (Å²) in [5.74, 6) is 0. The standard InChI is InChI=1S/C8H8S.HI/c1-2-4-6-8-9-7-5-3-1;/h1-8H;1H. The van der Waals surface area contributed by atoms with E-state index in [1.807, 2.05) is 47.2 Å². The first-order valence-corrected chi connectivity index (χ1v) is 3.75. The third kappa shape index (κ3) is 4.76. The SMILES string of the molecule is I.c1ccccsccc1. The van der Waals surface area contributed by atoms with Gasteiger partial charge in [-0.2, -0.15) is 11.3 Å². The smallest absolute Gasteiger partial charge is 0.00937 e. The van der Waals surface area contributed by atoms with Crippen LogP contribution in [0.3, 0.4) is 0 Å². The molecule has 10 heavy (non-hydrogen) atoms. The summed E-state index contributed by atoms with van der Waals surface area (Å²) in [6.45, 7) is 0. The third-order valence-corrected chi connectivity index (χ3v) is 1.50. The first-order valence-electron chi connectivity index (χ1n) is 2.80. The van der Waals surface area contributed by atoms with Crippen LogP contribution < -0.4 is 0 Å². The lowest BCUT2D eigenvalue weighted by Crippen LogP contribution is -1.38. The largest absolute Gasteiger partial charge is 0.152 e. The Bertz CT molecular complexity index is 131. The predicted molar refractivity (Wildman–Crippen MR) is 57.4 cm³/mol. The van der Waals surface area contributed by atoms with Crippen molar-refractivity contribution in [2.24, 2.45) is 0 Å². The van der Waals surface area contributed by atoms with Crippen LogP contribution >= 0.6 is 35.3 Å². The van der Waals surface area contributed by atoms with Crippen molar-refractivity contribution >= 4 is 35.3 Å². The van der Waals surface area contributed by atoms with E-state index in [-0.39, 0.29) is 24.0 Å². The van der Waals surface area contributed by atoms with Gasteiger partial charge in [-0.1, -0.05) is 36.4 Å². The summed E-state index contributed by atoms with van der Waals surface area (Å²) >= 11 is 1.68. The van der Waals surface area contributed by atoms with E-state index in [2.05, 4.69) is 0 Å². The van der Waals surface area contributed by atoms with E-state index in [1.165, 1.54) is 0 Å². The second-order valence-corrected chi connectivity index (χ2v) is 2.38. The van der Waals surface area contributed by atoms with Gasteiger partial charge in [0.25, 0.3) is 0 Å². The van der Waals surface area contributed by atoms with Crippen molar-refractivity contribution in [2.45, 2.75) is 0 Å². The molecule has 0 atom stereocenters. The van der Waals surface area contributed by atoms with E-state index in [1.54, 1.807) is 11.3 Å². The van der Waals surface area contributed by atoms with Gasteiger partial charge in [-0.25, -0.2) is 0 Å². The molecule has 0 saturated carbocycles. The van der Waals surface area contributed by atoms with Crippen molar-refractivity contribution in [1.82, 2.24) is 0 Å². The first kappa shape index (κ1) is 9.91. The summed E-state index contributed by atoms with van der Waals surface area (Å²) in [5, 5.41) is 4.08. The van der Waals surface area contributed by atoms with E-state index in [9.17, 15) is 0 Å². The Hall–Kier alpha value is -0.0900. The van der Waals surface area contributed by atoms with Gasteiger partial charge in [0.1, 0.15) is 0 Å². The topological polar surface area (TPSA) is 0 Å². The Morgan fingerprint density at radius 2 is 1.00 bits per heavy atom. The molecule has 0 amide bonds. The lowest BCUT2D eigenvalue weighted by molar-refractivity contribution is 1.82. The van der Waals surface area contributed by atoms with Crippen molar-refractivity contribution in [1.29, 1.82) is 0 Å². The Labute approximate surface area is 82.3 Å².